The van der Waals surface area contributed by atoms with Crippen LogP contribution in [0.4, 0.5) is 0 Å². The fourth-order valence-corrected chi connectivity index (χ4v) is 7.81. The normalized spacial score (nSPS) is 14.6. The van der Waals surface area contributed by atoms with Crippen molar-refractivity contribution in [3.63, 3.8) is 0 Å². The van der Waals surface area contributed by atoms with Crippen molar-refractivity contribution in [2.45, 2.75) is 200 Å². The lowest BCUT2D eigenvalue weighted by atomic mass is 10.1. The monoisotopic (exact) mass is 1150 g/mol. The molecule has 0 heterocycles. The molecule has 0 aromatic heterocycles. The average molecular weight is 1150 g/mol. The van der Waals surface area contributed by atoms with Gasteiger partial charge in [-0.1, -0.05) is 222 Å². The number of hydrogen-bond donors (Lipinski definition) is 2. The van der Waals surface area contributed by atoms with E-state index in [-0.39, 0.29) is 19.3 Å². The Hall–Kier alpha value is -5.68. The topological polar surface area (TPSA) is 155 Å². The maximum absolute atomic E-state index is 12.9. The zero-order valence-electron chi connectivity index (χ0n) is 50.4. The second-order valence-electron chi connectivity index (χ2n) is 19.0. The highest BCUT2D eigenvalue weighted by molar-refractivity contribution is 7.47. The molecule has 12 heteroatoms. The zero-order chi connectivity index (χ0) is 59.8. The van der Waals surface area contributed by atoms with Crippen LogP contribution in [0.2, 0.25) is 0 Å². The number of unbranched alkanes of at least 4 members (excludes halogenated alkanes) is 4. The number of ether oxygens (including phenoxy) is 3. The summed E-state index contributed by atoms with van der Waals surface area (Å²) in [6.07, 6.45) is 85.5. The van der Waals surface area contributed by atoms with Crippen molar-refractivity contribution < 1.29 is 52.2 Å². The highest BCUT2D eigenvalue weighted by Gasteiger charge is 2.28. The largest absolute Gasteiger partial charge is 0.472 e. The van der Waals surface area contributed by atoms with Crippen molar-refractivity contribution in [1.29, 1.82) is 0 Å². The Kier molecular flexibility index (Phi) is 57.1. The number of phosphoric acid groups is 1. The Morgan fingerprint density at radius 3 is 1.00 bits per heavy atom. The second kappa shape index (κ2) is 61.4. The van der Waals surface area contributed by atoms with Gasteiger partial charge in [0.25, 0.3) is 0 Å². The van der Waals surface area contributed by atoms with E-state index in [1.807, 2.05) is 24.3 Å². The summed E-state index contributed by atoms with van der Waals surface area (Å²) in [6, 6.07) is 0. The van der Waals surface area contributed by atoms with Gasteiger partial charge in [0.05, 0.1) is 19.8 Å². The Bertz CT molecular complexity index is 2120. The van der Waals surface area contributed by atoms with Crippen LogP contribution in [-0.4, -0.2) is 66.5 Å². The lowest BCUT2D eigenvalue weighted by Gasteiger charge is -2.21. The molecule has 0 aromatic carbocycles. The third kappa shape index (κ3) is 59.0. The first kappa shape index (κ1) is 76.3. The molecule has 456 valence electrons. The molecule has 0 radical (unpaired) electrons. The fourth-order valence-electron chi connectivity index (χ4n) is 7.03. The fraction of sp³-hybridized carbons (Fsp3) is 0.500. The first-order valence-corrected chi connectivity index (χ1v) is 31.8. The van der Waals surface area contributed by atoms with Gasteiger partial charge in [0.2, 0.25) is 0 Å². The highest BCUT2D eigenvalue weighted by Crippen LogP contribution is 2.43. The summed E-state index contributed by atoms with van der Waals surface area (Å²) in [6.45, 7) is 4.08. The molecule has 0 saturated carbocycles. The van der Waals surface area contributed by atoms with E-state index in [1.165, 1.54) is 0 Å². The van der Waals surface area contributed by atoms with Crippen molar-refractivity contribution in [2.75, 3.05) is 26.4 Å². The Morgan fingerprint density at radius 2 is 0.634 bits per heavy atom. The van der Waals surface area contributed by atoms with Gasteiger partial charge in [0, 0.05) is 19.3 Å². The molecule has 0 amide bonds. The molecular formula is C70H105O11P. The number of esters is 3. The van der Waals surface area contributed by atoms with Crippen molar-refractivity contribution in [1.82, 2.24) is 0 Å². The third-order valence-electron chi connectivity index (χ3n) is 11.5. The van der Waals surface area contributed by atoms with E-state index in [0.29, 0.717) is 32.1 Å². The van der Waals surface area contributed by atoms with Gasteiger partial charge < -0.3 is 24.2 Å². The zero-order valence-corrected chi connectivity index (χ0v) is 51.3. The standard InChI is InChI=1S/C70H105O11P/c1-4-7-10-13-16-19-22-25-28-31-33-36-39-42-45-48-51-54-57-60-69(73)80-66(62-71)64-78-82(75,76)79-65-67(63-77-68(72)59-56-53-50-47-44-41-38-35-30-27-24-21-18-15-12-9-6-3)81-70(74)61-58-55-52-49-46-43-40-37-34-32-29-26-23-20-17-14-11-8-5-2/h7-12,16-21,25-30,33-34,36-38,41-43,45-47,50,52,55,66-67,71H,4-6,13-15,22-24,31-32,35,39-40,44,48-49,51,53-54,56-65H2,1-3H3,(H,75,76)/b10-7-,11-8-,12-9-,19-16-,20-17-,21-18-,28-25-,29-26-,30-27-,36-33-,37-34-,41-38-,45-42-,46-43-,50-47-,55-52-. The van der Waals surface area contributed by atoms with Gasteiger partial charge in [0.15, 0.2) is 6.10 Å². The van der Waals surface area contributed by atoms with E-state index in [4.69, 9.17) is 23.3 Å². The van der Waals surface area contributed by atoms with Gasteiger partial charge in [-0.15, -0.1) is 0 Å². The molecule has 0 aliphatic heterocycles. The maximum atomic E-state index is 12.9. The Morgan fingerprint density at radius 1 is 0.341 bits per heavy atom. The molecule has 0 fully saturated rings. The van der Waals surface area contributed by atoms with Gasteiger partial charge in [-0.25, -0.2) is 4.57 Å². The summed E-state index contributed by atoms with van der Waals surface area (Å²) < 4.78 is 39.4. The second-order valence-corrected chi connectivity index (χ2v) is 20.5. The number of phosphoric ester groups is 1. The minimum absolute atomic E-state index is 0.0149. The number of carbonyl (C=O) groups excluding carboxylic acids is 3. The minimum atomic E-state index is -4.81. The van der Waals surface area contributed by atoms with Crippen LogP contribution in [0.1, 0.15) is 188 Å². The number of hydrogen-bond acceptors (Lipinski definition) is 10. The molecule has 0 spiro atoms. The van der Waals surface area contributed by atoms with Crippen molar-refractivity contribution in [3.8, 4) is 0 Å². The van der Waals surface area contributed by atoms with Crippen LogP contribution in [0.5, 0.6) is 0 Å². The number of aliphatic hydroxyl groups is 1. The van der Waals surface area contributed by atoms with Crippen LogP contribution in [0.25, 0.3) is 0 Å². The van der Waals surface area contributed by atoms with Crippen molar-refractivity contribution in [3.05, 3.63) is 194 Å². The number of carbonyl (C=O) groups is 3. The molecule has 0 aromatic rings. The van der Waals surface area contributed by atoms with Crippen molar-refractivity contribution >= 4 is 25.7 Å². The first-order valence-electron chi connectivity index (χ1n) is 30.3. The van der Waals surface area contributed by atoms with E-state index >= 15 is 0 Å². The predicted octanol–water partition coefficient (Wildman–Crippen LogP) is 18.6. The lowest BCUT2D eigenvalue weighted by Crippen LogP contribution is -2.30. The third-order valence-corrected chi connectivity index (χ3v) is 12.5. The van der Waals surface area contributed by atoms with Crippen LogP contribution in [0.15, 0.2) is 194 Å². The summed E-state index contributed by atoms with van der Waals surface area (Å²) in [5, 5.41) is 9.84. The van der Waals surface area contributed by atoms with Crippen LogP contribution in [0.3, 0.4) is 0 Å². The van der Waals surface area contributed by atoms with E-state index < -0.39 is 64.4 Å². The molecule has 0 aliphatic rings. The first-order chi connectivity index (χ1) is 40.2. The average Bonchev–Trinajstić information content (AvgIpc) is 3.50. The molecule has 0 bridgehead atoms. The van der Waals surface area contributed by atoms with Crippen LogP contribution in [0, 0.1) is 0 Å². The Labute approximate surface area is 496 Å². The molecule has 3 atom stereocenters. The van der Waals surface area contributed by atoms with Gasteiger partial charge in [-0.05, 0) is 141 Å². The summed E-state index contributed by atoms with van der Waals surface area (Å²) in [5.74, 6) is -1.70. The molecule has 11 nitrogen and oxygen atoms in total. The summed E-state index contributed by atoms with van der Waals surface area (Å²) in [5.41, 5.74) is 0. The van der Waals surface area contributed by atoms with E-state index in [1.54, 1.807) is 0 Å². The summed E-state index contributed by atoms with van der Waals surface area (Å²) in [7, 11) is -4.81. The SMILES string of the molecule is CC/C=C\C/C=C\C/C=C\C/C=C\C/C=C\C/C=C\CCC(=O)OC(COC(=O)CCC/C=C\C/C=C\C/C=C\C/C=C\C/C=C\CC)COP(=O)(O)OCC(CO)OC(=O)CCCCC/C=C\C/C=C\C/C=C\C/C=C\C/C=C\CC. The molecule has 0 aliphatic carbocycles. The number of aliphatic hydroxyl groups excluding tert-OH is 1. The van der Waals surface area contributed by atoms with Crippen LogP contribution < -0.4 is 0 Å². The minimum Gasteiger partial charge on any atom is -0.462 e. The van der Waals surface area contributed by atoms with Crippen LogP contribution in [-0.2, 0) is 42.2 Å². The molecule has 3 unspecified atom stereocenters. The molecule has 0 saturated heterocycles. The molecule has 0 rings (SSSR count). The van der Waals surface area contributed by atoms with E-state index in [2.05, 4.69) is 191 Å². The van der Waals surface area contributed by atoms with Crippen molar-refractivity contribution in [2.24, 2.45) is 0 Å². The van der Waals surface area contributed by atoms with Gasteiger partial charge in [-0.2, -0.15) is 0 Å². The lowest BCUT2D eigenvalue weighted by molar-refractivity contribution is -0.161. The van der Waals surface area contributed by atoms with E-state index in [0.717, 1.165) is 116 Å². The quantitative estimate of drug-likeness (QED) is 0.0197. The molecule has 82 heavy (non-hydrogen) atoms. The summed E-state index contributed by atoms with van der Waals surface area (Å²) in [4.78, 5) is 48.6. The predicted molar refractivity (Wildman–Crippen MR) is 343 cm³/mol. The Balaban J connectivity index is 4.96. The number of rotatable bonds is 53. The maximum Gasteiger partial charge on any atom is 0.472 e. The van der Waals surface area contributed by atoms with Gasteiger partial charge >= 0.3 is 25.7 Å². The van der Waals surface area contributed by atoms with Crippen LogP contribution >= 0.6 is 7.82 Å². The smallest absolute Gasteiger partial charge is 0.462 e. The van der Waals surface area contributed by atoms with Gasteiger partial charge in [-0.3, -0.25) is 23.4 Å². The number of allylic oxidation sites excluding steroid dienone is 32. The van der Waals surface area contributed by atoms with Gasteiger partial charge in [0.1, 0.15) is 12.7 Å². The summed E-state index contributed by atoms with van der Waals surface area (Å²) >= 11 is 0. The highest BCUT2D eigenvalue weighted by atomic mass is 31.2. The molecule has 2 N–H and O–H groups in total. The molecular weight excluding hydrogens is 1050 g/mol. The van der Waals surface area contributed by atoms with E-state index in [9.17, 15) is 28.9 Å².